The van der Waals surface area contributed by atoms with Crippen molar-refractivity contribution in [3.05, 3.63) is 0 Å². The first-order chi connectivity index (χ1) is 7.76. The molecule has 0 spiro atoms. The van der Waals surface area contributed by atoms with Crippen LogP contribution < -0.4 is 11.1 Å². The maximum Gasteiger partial charge on any atom is 0.0304 e. The molecule has 0 aromatic heterocycles. The van der Waals surface area contributed by atoms with Gasteiger partial charge in [0.25, 0.3) is 0 Å². The van der Waals surface area contributed by atoms with Crippen LogP contribution in [-0.2, 0) is 0 Å². The summed E-state index contributed by atoms with van der Waals surface area (Å²) in [6.07, 6.45) is 13.9. The Balaban J connectivity index is 2.36. The maximum atomic E-state index is 5.93. The third kappa shape index (κ3) is 3.81. The van der Waals surface area contributed by atoms with Crippen LogP contribution in [0.2, 0.25) is 0 Å². The van der Waals surface area contributed by atoms with Crippen LogP contribution >= 0.6 is 0 Å². The molecule has 0 heterocycles. The van der Waals surface area contributed by atoms with Crippen molar-refractivity contribution in [2.24, 2.45) is 11.7 Å². The Bertz CT molecular complexity index is 221. The molecule has 1 aliphatic carbocycles. The SMILES string of the molecule is C#CCCNC1(CN)CCC(CCC)CC1. The zero-order chi connectivity index (χ0) is 11.9. The van der Waals surface area contributed by atoms with E-state index < -0.39 is 0 Å². The van der Waals surface area contributed by atoms with Gasteiger partial charge in [-0.15, -0.1) is 12.3 Å². The number of hydrogen-bond acceptors (Lipinski definition) is 2. The highest BCUT2D eigenvalue weighted by Crippen LogP contribution is 2.33. The van der Waals surface area contributed by atoms with Gasteiger partial charge in [-0.1, -0.05) is 19.8 Å². The molecule has 0 atom stereocenters. The molecule has 0 aromatic rings. The van der Waals surface area contributed by atoms with Crippen molar-refractivity contribution in [1.82, 2.24) is 5.32 Å². The van der Waals surface area contributed by atoms with Crippen molar-refractivity contribution >= 4 is 0 Å². The third-order valence-electron chi connectivity index (χ3n) is 3.92. The molecule has 1 rings (SSSR count). The van der Waals surface area contributed by atoms with Crippen LogP contribution in [0.4, 0.5) is 0 Å². The second-order valence-electron chi connectivity index (χ2n) is 5.10. The molecule has 3 N–H and O–H groups in total. The fourth-order valence-corrected chi connectivity index (χ4v) is 2.78. The molecule has 1 saturated carbocycles. The van der Waals surface area contributed by atoms with Gasteiger partial charge in [0.05, 0.1) is 0 Å². The second-order valence-corrected chi connectivity index (χ2v) is 5.10. The zero-order valence-corrected chi connectivity index (χ0v) is 10.6. The summed E-state index contributed by atoms with van der Waals surface area (Å²) in [4.78, 5) is 0. The summed E-state index contributed by atoms with van der Waals surface area (Å²) in [6.45, 7) is 3.93. The average Bonchev–Trinajstić information content (AvgIpc) is 2.32. The highest BCUT2D eigenvalue weighted by molar-refractivity contribution is 4.95. The minimum absolute atomic E-state index is 0.182. The van der Waals surface area contributed by atoms with Crippen molar-refractivity contribution in [2.45, 2.75) is 57.4 Å². The fourth-order valence-electron chi connectivity index (χ4n) is 2.78. The van der Waals surface area contributed by atoms with Crippen molar-refractivity contribution in [2.75, 3.05) is 13.1 Å². The molecule has 2 heteroatoms. The highest BCUT2D eigenvalue weighted by atomic mass is 15.0. The lowest BCUT2D eigenvalue weighted by atomic mass is 9.75. The van der Waals surface area contributed by atoms with E-state index in [4.69, 9.17) is 12.2 Å². The Morgan fingerprint density at radius 3 is 2.62 bits per heavy atom. The molecule has 0 aliphatic heterocycles. The van der Waals surface area contributed by atoms with Crippen LogP contribution in [0.15, 0.2) is 0 Å². The molecule has 0 unspecified atom stereocenters. The molecule has 2 nitrogen and oxygen atoms in total. The molecule has 92 valence electrons. The fraction of sp³-hybridized carbons (Fsp3) is 0.857. The Morgan fingerprint density at radius 2 is 2.12 bits per heavy atom. The van der Waals surface area contributed by atoms with E-state index in [1.54, 1.807) is 0 Å². The summed E-state index contributed by atoms with van der Waals surface area (Å²) in [5.41, 5.74) is 6.11. The summed E-state index contributed by atoms with van der Waals surface area (Å²) in [5, 5.41) is 3.58. The number of hydrogen-bond donors (Lipinski definition) is 2. The van der Waals surface area contributed by atoms with Crippen LogP contribution in [0.5, 0.6) is 0 Å². The molecular formula is C14H26N2. The normalized spacial score (nSPS) is 29.9. The minimum Gasteiger partial charge on any atom is -0.329 e. The van der Waals surface area contributed by atoms with E-state index in [2.05, 4.69) is 18.2 Å². The lowest BCUT2D eigenvalue weighted by molar-refractivity contribution is 0.189. The first-order valence-electron chi connectivity index (χ1n) is 6.65. The van der Waals surface area contributed by atoms with Gasteiger partial charge in [-0.3, -0.25) is 0 Å². The van der Waals surface area contributed by atoms with Crippen LogP contribution in [0.1, 0.15) is 51.9 Å². The molecule has 16 heavy (non-hydrogen) atoms. The molecule has 1 fully saturated rings. The summed E-state index contributed by atoms with van der Waals surface area (Å²) in [5.74, 6) is 3.60. The standard InChI is InChI=1S/C14H26N2/c1-3-5-11-16-14(12-15)9-7-13(6-4-2)8-10-14/h1,13,16H,4-12,15H2,2H3. The van der Waals surface area contributed by atoms with Crippen LogP contribution in [0.3, 0.4) is 0 Å². The molecule has 0 bridgehead atoms. The van der Waals surface area contributed by atoms with Crippen molar-refractivity contribution < 1.29 is 0 Å². The summed E-state index contributed by atoms with van der Waals surface area (Å²) < 4.78 is 0. The number of terminal acetylenes is 1. The van der Waals surface area contributed by atoms with Gasteiger partial charge < -0.3 is 11.1 Å². The molecule has 0 amide bonds. The Labute approximate surface area is 100 Å². The largest absolute Gasteiger partial charge is 0.329 e. The smallest absolute Gasteiger partial charge is 0.0304 e. The lowest BCUT2D eigenvalue weighted by Crippen LogP contribution is -2.53. The molecule has 0 aromatic carbocycles. The predicted octanol–water partition coefficient (Wildman–Crippen LogP) is 2.29. The van der Waals surface area contributed by atoms with E-state index in [1.807, 2.05) is 0 Å². The second kappa shape index (κ2) is 6.93. The average molecular weight is 222 g/mol. The van der Waals surface area contributed by atoms with Gasteiger partial charge in [0.15, 0.2) is 0 Å². The van der Waals surface area contributed by atoms with Gasteiger partial charge in [0.2, 0.25) is 0 Å². The molecule has 0 saturated heterocycles. The van der Waals surface area contributed by atoms with Crippen LogP contribution in [0, 0.1) is 18.3 Å². The van der Waals surface area contributed by atoms with E-state index in [0.717, 1.165) is 25.4 Å². The quantitative estimate of drug-likeness (QED) is 0.534. The Hall–Kier alpha value is -0.520. The van der Waals surface area contributed by atoms with Crippen molar-refractivity contribution in [3.63, 3.8) is 0 Å². The lowest BCUT2D eigenvalue weighted by Gasteiger charge is -2.40. The number of rotatable bonds is 6. The van der Waals surface area contributed by atoms with Gasteiger partial charge in [-0.25, -0.2) is 0 Å². The summed E-state index contributed by atoms with van der Waals surface area (Å²) in [7, 11) is 0. The highest BCUT2D eigenvalue weighted by Gasteiger charge is 2.32. The van der Waals surface area contributed by atoms with E-state index in [-0.39, 0.29) is 5.54 Å². The van der Waals surface area contributed by atoms with E-state index in [1.165, 1.54) is 38.5 Å². The van der Waals surface area contributed by atoms with Gasteiger partial charge in [0.1, 0.15) is 0 Å². The maximum absolute atomic E-state index is 5.93. The van der Waals surface area contributed by atoms with E-state index >= 15 is 0 Å². The first kappa shape index (κ1) is 13.5. The van der Waals surface area contributed by atoms with E-state index in [9.17, 15) is 0 Å². The Morgan fingerprint density at radius 1 is 1.44 bits per heavy atom. The van der Waals surface area contributed by atoms with Crippen molar-refractivity contribution in [3.8, 4) is 12.3 Å². The van der Waals surface area contributed by atoms with Crippen LogP contribution in [-0.4, -0.2) is 18.6 Å². The van der Waals surface area contributed by atoms with Gasteiger partial charge in [-0.05, 0) is 31.6 Å². The molecular weight excluding hydrogens is 196 g/mol. The van der Waals surface area contributed by atoms with Crippen LogP contribution in [0.25, 0.3) is 0 Å². The van der Waals surface area contributed by atoms with Gasteiger partial charge in [-0.2, -0.15) is 0 Å². The Kier molecular flexibility index (Phi) is 5.87. The minimum atomic E-state index is 0.182. The van der Waals surface area contributed by atoms with E-state index in [0.29, 0.717) is 0 Å². The monoisotopic (exact) mass is 222 g/mol. The summed E-state index contributed by atoms with van der Waals surface area (Å²) in [6, 6.07) is 0. The third-order valence-corrected chi connectivity index (χ3v) is 3.92. The summed E-state index contributed by atoms with van der Waals surface area (Å²) >= 11 is 0. The van der Waals surface area contributed by atoms with Gasteiger partial charge in [0, 0.05) is 25.0 Å². The molecule has 1 aliphatic rings. The van der Waals surface area contributed by atoms with Gasteiger partial charge >= 0.3 is 0 Å². The van der Waals surface area contributed by atoms with Crippen molar-refractivity contribution in [1.29, 1.82) is 0 Å². The number of nitrogens with two attached hydrogens (primary N) is 1. The topological polar surface area (TPSA) is 38.0 Å². The zero-order valence-electron chi connectivity index (χ0n) is 10.6. The first-order valence-corrected chi connectivity index (χ1v) is 6.65. The predicted molar refractivity (Wildman–Crippen MR) is 70.1 cm³/mol. The molecule has 0 radical (unpaired) electrons. The number of nitrogens with one attached hydrogen (secondary N) is 1.